The van der Waals surface area contributed by atoms with Gasteiger partial charge in [0.2, 0.25) is 0 Å². The SMILES string of the molecule is Cc1ccc(C(=O)N/N=C/C(CC(O)C(O)CO)=N/NC(=O)c2ccc(C)cc2)cc1. The number of aliphatic hydroxyl groups is 3. The lowest BCUT2D eigenvalue weighted by atomic mass is 10.1. The molecule has 2 atom stereocenters. The summed E-state index contributed by atoms with van der Waals surface area (Å²) in [5, 5.41) is 36.3. The predicted octanol–water partition coefficient (Wildman–Crippen LogP) is 0.909. The third kappa shape index (κ3) is 7.74. The third-order valence-electron chi connectivity index (χ3n) is 4.36. The molecule has 9 heteroatoms. The van der Waals surface area contributed by atoms with E-state index in [0.717, 1.165) is 17.3 Å². The van der Waals surface area contributed by atoms with Crippen molar-refractivity contribution in [2.24, 2.45) is 10.2 Å². The van der Waals surface area contributed by atoms with Gasteiger partial charge in [-0.15, -0.1) is 0 Å². The molecule has 0 bridgehead atoms. The molecule has 0 aromatic heterocycles. The topological polar surface area (TPSA) is 144 Å². The minimum absolute atomic E-state index is 0.0738. The zero-order valence-electron chi connectivity index (χ0n) is 17.3. The molecule has 2 unspecified atom stereocenters. The highest BCUT2D eigenvalue weighted by Gasteiger charge is 2.18. The summed E-state index contributed by atoms with van der Waals surface area (Å²) < 4.78 is 0. The number of aryl methyl sites for hydroxylation is 2. The van der Waals surface area contributed by atoms with Crippen molar-refractivity contribution in [1.29, 1.82) is 0 Å². The van der Waals surface area contributed by atoms with Crippen LogP contribution in [0.2, 0.25) is 0 Å². The van der Waals surface area contributed by atoms with Crippen LogP contribution in [-0.2, 0) is 0 Å². The van der Waals surface area contributed by atoms with E-state index in [-0.39, 0.29) is 12.1 Å². The molecular weight excluding hydrogens is 400 g/mol. The standard InChI is InChI=1S/C22H26N4O5/c1-14-3-7-16(8-4-14)21(30)25-23-12-18(11-19(28)20(29)13-27)24-26-22(31)17-9-5-15(2)6-10-17/h3-10,12,19-20,27-29H,11,13H2,1-2H3,(H,25,30)(H,26,31)/b23-12+,24-18+. The van der Waals surface area contributed by atoms with E-state index in [2.05, 4.69) is 21.1 Å². The van der Waals surface area contributed by atoms with Crippen molar-refractivity contribution >= 4 is 23.7 Å². The molecule has 31 heavy (non-hydrogen) atoms. The number of amides is 2. The first-order valence-corrected chi connectivity index (χ1v) is 9.60. The Bertz CT molecular complexity index is 939. The van der Waals surface area contributed by atoms with Crippen molar-refractivity contribution in [3.05, 3.63) is 70.8 Å². The number of benzene rings is 2. The number of hydrogen-bond donors (Lipinski definition) is 5. The number of hydrazone groups is 2. The molecule has 5 N–H and O–H groups in total. The highest BCUT2D eigenvalue weighted by molar-refractivity contribution is 6.31. The van der Waals surface area contributed by atoms with E-state index in [0.29, 0.717) is 11.1 Å². The molecule has 0 fully saturated rings. The van der Waals surface area contributed by atoms with Crippen molar-refractivity contribution in [2.45, 2.75) is 32.5 Å². The molecule has 2 aromatic carbocycles. The molecule has 0 aliphatic heterocycles. The minimum atomic E-state index is -1.39. The molecular formula is C22H26N4O5. The van der Waals surface area contributed by atoms with Crippen molar-refractivity contribution in [3.8, 4) is 0 Å². The first-order chi connectivity index (χ1) is 14.8. The fraction of sp³-hybridized carbons (Fsp3) is 0.273. The van der Waals surface area contributed by atoms with E-state index >= 15 is 0 Å². The highest BCUT2D eigenvalue weighted by atomic mass is 16.4. The van der Waals surface area contributed by atoms with E-state index in [4.69, 9.17) is 5.11 Å². The molecule has 0 saturated carbocycles. The lowest BCUT2D eigenvalue weighted by molar-refractivity contribution is -0.00975. The third-order valence-corrected chi connectivity index (χ3v) is 4.36. The number of nitrogens with one attached hydrogen (secondary N) is 2. The molecule has 2 amide bonds. The first-order valence-electron chi connectivity index (χ1n) is 9.60. The summed E-state index contributed by atoms with van der Waals surface area (Å²) in [6.45, 7) is 3.15. The van der Waals surface area contributed by atoms with Gasteiger partial charge in [0.05, 0.1) is 24.6 Å². The Morgan fingerprint density at radius 2 is 1.35 bits per heavy atom. The van der Waals surface area contributed by atoms with E-state index in [9.17, 15) is 19.8 Å². The van der Waals surface area contributed by atoms with Crippen LogP contribution in [0.4, 0.5) is 0 Å². The van der Waals surface area contributed by atoms with Crippen LogP contribution in [0.1, 0.15) is 38.3 Å². The first kappa shape index (κ1) is 23.9. The monoisotopic (exact) mass is 426 g/mol. The van der Waals surface area contributed by atoms with Gasteiger partial charge in [0, 0.05) is 17.5 Å². The number of hydrogen-bond acceptors (Lipinski definition) is 7. The quantitative estimate of drug-likeness (QED) is 0.299. The molecule has 0 saturated heterocycles. The largest absolute Gasteiger partial charge is 0.394 e. The Balaban J connectivity index is 2.09. The fourth-order valence-corrected chi connectivity index (χ4v) is 2.43. The summed E-state index contributed by atoms with van der Waals surface area (Å²) in [5.74, 6) is -0.929. The second kappa shape index (κ2) is 11.7. The smallest absolute Gasteiger partial charge is 0.271 e. The lowest BCUT2D eigenvalue weighted by Gasteiger charge is -2.15. The summed E-state index contributed by atoms with van der Waals surface area (Å²) in [5.41, 5.74) is 7.55. The molecule has 0 spiro atoms. The highest BCUT2D eigenvalue weighted by Crippen LogP contribution is 2.05. The van der Waals surface area contributed by atoms with Crippen LogP contribution in [0, 0.1) is 13.8 Å². The summed E-state index contributed by atoms with van der Waals surface area (Å²) >= 11 is 0. The number of aliphatic hydroxyl groups excluding tert-OH is 3. The van der Waals surface area contributed by atoms with Gasteiger partial charge in [-0.3, -0.25) is 9.59 Å². The molecule has 164 valence electrons. The Labute approximate surface area is 180 Å². The van der Waals surface area contributed by atoms with Crippen molar-refractivity contribution < 1.29 is 24.9 Å². The number of carbonyl (C=O) groups excluding carboxylic acids is 2. The average Bonchev–Trinajstić information content (AvgIpc) is 2.77. The van der Waals surface area contributed by atoms with Crippen LogP contribution in [-0.4, -0.2) is 57.9 Å². The molecule has 0 heterocycles. The lowest BCUT2D eigenvalue weighted by Crippen LogP contribution is -2.33. The Kier molecular flexibility index (Phi) is 9.01. The van der Waals surface area contributed by atoms with Gasteiger partial charge < -0.3 is 15.3 Å². The Morgan fingerprint density at radius 1 is 0.871 bits per heavy atom. The summed E-state index contributed by atoms with van der Waals surface area (Å²) in [7, 11) is 0. The second-order valence-electron chi connectivity index (χ2n) is 7.00. The van der Waals surface area contributed by atoms with Gasteiger partial charge >= 0.3 is 0 Å². The normalized spacial score (nSPS) is 13.6. The fourth-order valence-electron chi connectivity index (χ4n) is 2.43. The molecule has 0 aliphatic rings. The van der Waals surface area contributed by atoms with Gasteiger partial charge in [0.1, 0.15) is 6.10 Å². The van der Waals surface area contributed by atoms with Crippen LogP contribution in [0.25, 0.3) is 0 Å². The zero-order valence-corrected chi connectivity index (χ0v) is 17.3. The van der Waals surface area contributed by atoms with Gasteiger partial charge in [0.15, 0.2) is 0 Å². The van der Waals surface area contributed by atoms with Crippen LogP contribution < -0.4 is 10.9 Å². The van der Waals surface area contributed by atoms with E-state index in [1.807, 2.05) is 13.8 Å². The maximum atomic E-state index is 12.2. The van der Waals surface area contributed by atoms with Crippen molar-refractivity contribution in [2.75, 3.05) is 6.61 Å². The summed E-state index contributed by atoms with van der Waals surface area (Å²) in [4.78, 5) is 24.4. The Morgan fingerprint density at radius 3 is 1.84 bits per heavy atom. The zero-order chi connectivity index (χ0) is 22.8. The molecule has 0 aliphatic carbocycles. The van der Waals surface area contributed by atoms with Crippen molar-refractivity contribution in [3.63, 3.8) is 0 Å². The number of rotatable bonds is 9. The van der Waals surface area contributed by atoms with Gasteiger partial charge in [-0.2, -0.15) is 10.2 Å². The van der Waals surface area contributed by atoms with Gasteiger partial charge in [-0.05, 0) is 38.1 Å². The van der Waals surface area contributed by atoms with E-state index in [1.165, 1.54) is 0 Å². The average molecular weight is 426 g/mol. The van der Waals surface area contributed by atoms with E-state index < -0.39 is 30.6 Å². The van der Waals surface area contributed by atoms with Crippen LogP contribution in [0.3, 0.4) is 0 Å². The van der Waals surface area contributed by atoms with Crippen LogP contribution in [0.5, 0.6) is 0 Å². The maximum absolute atomic E-state index is 12.2. The van der Waals surface area contributed by atoms with E-state index in [1.54, 1.807) is 48.5 Å². The van der Waals surface area contributed by atoms with Gasteiger partial charge in [-0.25, -0.2) is 10.9 Å². The molecule has 2 aromatic rings. The number of nitrogens with zero attached hydrogens (tertiary/aromatic N) is 2. The van der Waals surface area contributed by atoms with Crippen LogP contribution >= 0.6 is 0 Å². The minimum Gasteiger partial charge on any atom is -0.394 e. The molecule has 2 rings (SSSR count). The van der Waals surface area contributed by atoms with Gasteiger partial charge in [0.25, 0.3) is 11.8 Å². The predicted molar refractivity (Wildman–Crippen MR) is 117 cm³/mol. The maximum Gasteiger partial charge on any atom is 0.271 e. The van der Waals surface area contributed by atoms with Crippen molar-refractivity contribution in [1.82, 2.24) is 10.9 Å². The van der Waals surface area contributed by atoms with Crippen LogP contribution in [0.15, 0.2) is 58.7 Å². The molecule has 0 radical (unpaired) electrons. The number of carbonyl (C=O) groups is 2. The summed E-state index contributed by atoms with van der Waals surface area (Å²) in [6, 6.07) is 13.7. The Hall–Kier alpha value is -3.40. The summed E-state index contributed by atoms with van der Waals surface area (Å²) in [6.07, 6.45) is -1.82. The van der Waals surface area contributed by atoms with Gasteiger partial charge in [-0.1, -0.05) is 35.4 Å². The second-order valence-corrected chi connectivity index (χ2v) is 7.00. The molecule has 9 nitrogen and oxygen atoms in total.